The van der Waals surface area contributed by atoms with Gasteiger partial charge in [-0.3, -0.25) is 4.79 Å². The molecule has 0 aliphatic carbocycles. The van der Waals surface area contributed by atoms with Gasteiger partial charge in [0.15, 0.2) is 11.0 Å². The van der Waals surface area contributed by atoms with Crippen LogP contribution in [0.1, 0.15) is 45.0 Å². The molecule has 2 aromatic heterocycles. The number of nitrogens with zero attached hydrogens (tertiary/aromatic N) is 3. The highest BCUT2D eigenvalue weighted by Crippen LogP contribution is 2.30. The molecule has 1 amide bonds. The minimum absolute atomic E-state index is 0.266. The Morgan fingerprint density at radius 2 is 2.16 bits per heavy atom. The highest BCUT2D eigenvalue weighted by molar-refractivity contribution is 7.17. The van der Waals surface area contributed by atoms with Crippen LogP contribution < -0.4 is 10.2 Å². The number of amides is 1. The summed E-state index contributed by atoms with van der Waals surface area (Å²) < 4.78 is 48.6. The first-order valence-electron chi connectivity index (χ1n) is 9.49. The second kappa shape index (κ2) is 9.22. The van der Waals surface area contributed by atoms with Gasteiger partial charge in [-0.2, -0.15) is 13.2 Å². The molecular formula is C18H22F3N5O4S. The van der Waals surface area contributed by atoms with E-state index >= 15 is 0 Å². The number of anilines is 1. The number of piperidine rings is 1. The summed E-state index contributed by atoms with van der Waals surface area (Å²) in [6.45, 7) is 4.60. The Morgan fingerprint density at radius 3 is 2.77 bits per heavy atom. The lowest BCUT2D eigenvalue weighted by molar-refractivity contribution is -0.140. The number of methoxy groups -OCH3 is 1. The Morgan fingerprint density at radius 1 is 1.42 bits per heavy atom. The standard InChI is InChI=1S/C18H22F3N5O4S/c1-4-30-16(28)13-9(2)23-17(31-13)26-6-5-10(11(8-26)29-3)24-15(27)14-22-7-12(25-14)18(19,20)21/h7,10-11H,4-6,8H2,1-3H3,(H,22,25)(H,24,27)/t10-,11+/m0/s1. The van der Waals surface area contributed by atoms with Gasteiger partial charge in [0, 0.05) is 20.2 Å². The fourth-order valence-corrected chi connectivity index (χ4v) is 4.21. The molecular weight excluding hydrogens is 439 g/mol. The number of thiazole rings is 1. The third kappa shape index (κ3) is 5.15. The Balaban J connectivity index is 1.66. The van der Waals surface area contributed by atoms with Gasteiger partial charge in [-0.15, -0.1) is 0 Å². The van der Waals surface area contributed by atoms with Crippen LogP contribution in [0.15, 0.2) is 6.20 Å². The van der Waals surface area contributed by atoms with Crippen molar-refractivity contribution in [3.8, 4) is 0 Å². The van der Waals surface area contributed by atoms with E-state index < -0.39 is 41.7 Å². The van der Waals surface area contributed by atoms with Crippen LogP contribution >= 0.6 is 11.3 Å². The first-order chi connectivity index (χ1) is 14.6. The Kier molecular flexibility index (Phi) is 6.84. The molecule has 2 N–H and O–H groups in total. The normalized spacial score (nSPS) is 19.4. The molecule has 2 atom stereocenters. The van der Waals surface area contributed by atoms with E-state index in [4.69, 9.17) is 9.47 Å². The second-order valence-corrected chi connectivity index (χ2v) is 7.84. The molecule has 13 heteroatoms. The maximum Gasteiger partial charge on any atom is 0.432 e. The van der Waals surface area contributed by atoms with E-state index in [0.29, 0.717) is 41.4 Å². The number of alkyl halides is 3. The van der Waals surface area contributed by atoms with Crippen molar-refractivity contribution in [2.45, 2.75) is 38.6 Å². The van der Waals surface area contributed by atoms with Crippen LogP contribution in [-0.4, -0.2) is 65.8 Å². The van der Waals surface area contributed by atoms with E-state index in [1.165, 1.54) is 18.4 Å². The van der Waals surface area contributed by atoms with Gasteiger partial charge in [0.25, 0.3) is 5.91 Å². The summed E-state index contributed by atoms with van der Waals surface area (Å²) in [4.78, 5) is 36.7. The first kappa shape index (κ1) is 23.0. The number of aromatic amines is 1. The quantitative estimate of drug-likeness (QED) is 0.636. The maximum absolute atomic E-state index is 12.7. The Hall–Kier alpha value is -2.67. The van der Waals surface area contributed by atoms with E-state index in [-0.39, 0.29) is 6.61 Å². The molecule has 0 bridgehead atoms. The topological polar surface area (TPSA) is 109 Å². The van der Waals surface area contributed by atoms with E-state index in [1.54, 1.807) is 13.8 Å². The van der Waals surface area contributed by atoms with Crippen molar-refractivity contribution in [1.29, 1.82) is 0 Å². The summed E-state index contributed by atoms with van der Waals surface area (Å²) in [5, 5.41) is 3.31. The summed E-state index contributed by atoms with van der Waals surface area (Å²) in [6, 6.07) is -0.432. The molecule has 3 heterocycles. The number of ether oxygens (including phenoxy) is 2. The SMILES string of the molecule is CCOC(=O)c1sc(N2CC[C@H](NC(=O)c3ncc(C(F)(F)F)[nH]3)[C@H](OC)C2)nc1C. The van der Waals surface area contributed by atoms with Crippen LogP contribution in [0.3, 0.4) is 0 Å². The van der Waals surface area contributed by atoms with E-state index in [2.05, 4.69) is 15.3 Å². The zero-order chi connectivity index (χ0) is 22.8. The number of imidazole rings is 1. The molecule has 0 spiro atoms. The highest BCUT2D eigenvalue weighted by Gasteiger charge is 2.36. The molecule has 170 valence electrons. The highest BCUT2D eigenvalue weighted by atomic mass is 32.1. The zero-order valence-electron chi connectivity index (χ0n) is 17.1. The molecule has 0 radical (unpaired) electrons. The van der Waals surface area contributed by atoms with E-state index in [9.17, 15) is 22.8 Å². The van der Waals surface area contributed by atoms with Gasteiger partial charge in [0.05, 0.1) is 30.6 Å². The summed E-state index contributed by atoms with van der Waals surface area (Å²) in [5.74, 6) is -1.59. The van der Waals surface area contributed by atoms with E-state index in [1.807, 2.05) is 9.88 Å². The first-order valence-corrected chi connectivity index (χ1v) is 10.3. The Bertz CT molecular complexity index is 945. The molecule has 0 unspecified atom stereocenters. The van der Waals surface area contributed by atoms with Gasteiger partial charge >= 0.3 is 12.1 Å². The lowest BCUT2D eigenvalue weighted by atomic mass is 10.0. The number of hydrogen-bond donors (Lipinski definition) is 2. The molecule has 0 aromatic carbocycles. The zero-order valence-corrected chi connectivity index (χ0v) is 17.9. The molecule has 1 aliphatic heterocycles. The van der Waals surface area contributed by atoms with Crippen LogP contribution in [0, 0.1) is 6.92 Å². The third-order valence-electron chi connectivity index (χ3n) is 4.79. The number of hydrogen-bond acceptors (Lipinski definition) is 8. The number of esters is 1. The summed E-state index contributed by atoms with van der Waals surface area (Å²) in [5.41, 5.74) is -0.520. The molecule has 3 rings (SSSR count). The number of carbonyl (C=O) groups excluding carboxylic acids is 2. The number of aromatic nitrogens is 3. The molecule has 31 heavy (non-hydrogen) atoms. The lowest BCUT2D eigenvalue weighted by Crippen LogP contribution is -2.55. The lowest BCUT2D eigenvalue weighted by Gasteiger charge is -2.37. The van der Waals surface area contributed by atoms with Crippen LogP contribution in [0.2, 0.25) is 0 Å². The van der Waals surface area contributed by atoms with Crippen molar-refractivity contribution in [3.05, 3.63) is 28.3 Å². The molecule has 9 nitrogen and oxygen atoms in total. The van der Waals surface area contributed by atoms with E-state index in [0.717, 1.165) is 0 Å². The van der Waals surface area contributed by atoms with Gasteiger partial charge in [0.2, 0.25) is 0 Å². The van der Waals surface area contributed by atoms with Crippen LogP contribution in [-0.2, 0) is 15.7 Å². The predicted molar refractivity (Wildman–Crippen MR) is 105 cm³/mol. The number of halogens is 3. The number of nitrogens with one attached hydrogen (secondary N) is 2. The second-order valence-electron chi connectivity index (χ2n) is 6.86. The van der Waals surface area contributed by atoms with Gasteiger partial charge in [-0.1, -0.05) is 11.3 Å². The van der Waals surface area contributed by atoms with Crippen molar-refractivity contribution in [2.24, 2.45) is 0 Å². The maximum atomic E-state index is 12.7. The van der Waals surface area contributed by atoms with Crippen molar-refractivity contribution >= 4 is 28.3 Å². The van der Waals surface area contributed by atoms with Gasteiger partial charge in [-0.25, -0.2) is 14.8 Å². The monoisotopic (exact) mass is 461 g/mol. The summed E-state index contributed by atoms with van der Waals surface area (Å²) in [7, 11) is 1.49. The van der Waals surface area contributed by atoms with Crippen molar-refractivity contribution in [2.75, 3.05) is 31.7 Å². The third-order valence-corrected chi connectivity index (χ3v) is 5.99. The van der Waals surface area contributed by atoms with Crippen LogP contribution in [0.4, 0.5) is 18.3 Å². The Labute approximate surface area is 180 Å². The smallest absolute Gasteiger partial charge is 0.432 e. The minimum atomic E-state index is -4.61. The summed E-state index contributed by atoms with van der Waals surface area (Å²) >= 11 is 1.22. The van der Waals surface area contributed by atoms with Crippen LogP contribution in [0.25, 0.3) is 0 Å². The molecule has 0 saturated carbocycles. The predicted octanol–water partition coefficient (Wildman–Crippen LogP) is 2.39. The number of carbonyl (C=O) groups is 2. The van der Waals surface area contributed by atoms with Crippen molar-refractivity contribution < 1.29 is 32.2 Å². The number of aryl methyl sites for hydroxylation is 1. The summed E-state index contributed by atoms with van der Waals surface area (Å²) in [6.07, 6.45) is -4.01. The molecule has 1 fully saturated rings. The molecule has 2 aromatic rings. The molecule has 1 saturated heterocycles. The van der Waals surface area contributed by atoms with Crippen molar-refractivity contribution in [1.82, 2.24) is 20.3 Å². The number of rotatable bonds is 6. The average molecular weight is 461 g/mol. The fraction of sp³-hybridized carbons (Fsp3) is 0.556. The average Bonchev–Trinajstić information content (AvgIpc) is 3.35. The van der Waals surface area contributed by atoms with Crippen LogP contribution in [0.5, 0.6) is 0 Å². The van der Waals surface area contributed by atoms with Crippen molar-refractivity contribution in [3.63, 3.8) is 0 Å². The largest absolute Gasteiger partial charge is 0.462 e. The fourth-order valence-electron chi connectivity index (χ4n) is 3.22. The van der Waals surface area contributed by atoms with Gasteiger partial charge in [0.1, 0.15) is 10.6 Å². The minimum Gasteiger partial charge on any atom is -0.462 e. The van der Waals surface area contributed by atoms with Gasteiger partial charge < -0.3 is 24.7 Å². The number of H-pyrrole nitrogens is 1. The van der Waals surface area contributed by atoms with Gasteiger partial charge in [-0.05, 0) is 20.3 Å². The molecule has 1 aliphatic rings.